The van der Waals surface area contributed by atoms with Crippen molar-refractivity contribution in [3.8, 4) is 5.75 Å². The molecule has 0 spiro atoms. The Morgan fingerprint density at radius 1 is 1.29 bits per heavy atom. The SMILES string of the molecule is COc1ccc2c(c1)CCCCN2S(=O)(=O)CC(C)OC. The van der Waals surface area contributed by atoms with Crippen molar-refractivity contribution >= 4 is 15.7 Å². The van der Waals surface area contributed by atoms with Crippen molar-refractivity contribution in [3.05, 3.63) is 23.8 Å². The van der Waals surface area contributed by atoms with Gasteiger partial charge in [-0.05, 0) is 49.9 Å². The molecule has 1 aromatic carbocycles. The lowest BCUT2D eigenvalue weighted by Gasteiger charge is -2.26. The molecule has 0 saturated carbocycles. The van der Waals surface area contributed by atoms with Crippen LogP contribution in [0.25, 0.3) is 0 Å². The van der Waals surface area contributed by atoms with Gasteiger partial charge in [-0.2, -0.15) is 0 Å². The van der Waals surface area contributed by atoms with Crippen LogP contribution in [0.5, 0.6) is 5.75 Å². The van der Waals surface area contributed by atoms with E-state index in [-0.39, 0.29) is 11.9 Å². The van der Waals surface area contributed by atoms with Gasteiger partial charge in [-0.3, -0.25) is 4.31 Å². The highest BCUT2D eigenvalue weighted by Gasteiger charge is 2.28. The molecule has 0 radical (unpaired) electrons. The number of sulfonamides is 1. The number of nitrogens with zero attached hydrogens (tertiary/aromatic N) is 1. The topological polar surface area (TPSA) is 55.8 Å². The summed E-state index contributed by atoms with van der Waals surface area (Å²) in [5.74, 6) is 0.757. The Labute approximate surface area is 126 Å². The molecule has 1 aliphatic heterocycles. The number of fused-ring (bicyclic) bond motifs is 1. The van der Waals surface area contributed by atoms with Crippen molar-refractivity contribution in [1.82, 2.24) is 0 Å². The number of benzene rings is 1. The van der Waals surface area contributed by atoms with E-state index in [4.69, 9.17) is 9.47 Å². The Balaban J connectivity index is 2.37. The van der Waals surface area contributed by atoms with Crippen LogP contribution in [0.4, 0.5) is 5.69 Å². The number of rotatable bonds is 5. The van der Waals surface area contributed by atoms with E-state index >= 15 is 0 Å². The molecule has 21 heavy (non-hydrogen) atoms. The van der Waals surface area contributed by atoms with E-state index in [0.717, 1.165) is 36.3 Å². The van der Waals surface area contributed by atoms with Gasteiger partial charge in [0.05, 0.1) is 24.7 Å². The van der Waals surface area contributed by atoms with Gasteiger partial charge in [-0.15, -0.1) is 0 Å². The van der Waals surface area contributed by atoms with Crippen molar-refractivity contribution in [2.75, 3.05) is 30.8 Å². The van der Waals surface area contributed by atoms with Crippen LogP contribution in [-0.4, -0.2) is 41.0 Å². The van der Waals surface area contributed by atoms with E-state index in [9.17, 15) is 8.42 Å². The average Bonchev–Trinajstić information content (AvgIpc) is 2.68. The minimum absolute atomic E-state index is 0.00499. The molecule has 5 nitrogen and oxygen atoms in total. The van der Waals surface area contributed by atoms with Gasteiger partial charge < -0.3 is 9.47 Å². The van der Waals surface area contributed by atoms with Crippen LogP contribution in [0.3, 0.4) is 0 Å². The lowest BCUT2D eigenvalue weighted by Crippen LogP contribution is -2.37. The highest BCUT2D eigenvalue weighted by atomic mass is 32.2. The zero-order valence-electron chi connectivity index (χ0n) is 12.8. The molecule has 0 aromatic heterocycles. The number of hydrogen-bond acceptors (Lipinski definition) is 4. The first kappa shape index (κ1) is 16.1. The molecule has 0 saturated heterocycles. The quantitative estimate of drug-likeness (QED) is 0.836. The number of anilines is 1. The predicted octanol–water partition coefficient (Wildman–Crippen LogP) is 2.20. The highest BCUT2D eigenvalue weighted by Crippen LogP contribution is 2.31. The van der Waals surface area contributed by atoms with Crippen LogP contribution in [0, 0.1) is 0 Å². The fraction of sp³-hybridized carbons (Fsp3) is 0.600. The minimum Gasteiger partial charge on any atom is -0.497 e. The van der Waals surface area contributed by atoms with Gasteiger partial charge in [0.1, 0.15) is 5.75 Å². The molecule has 0 aliphatic carbocycles. The second kappa shape index (κ2) is 6.66. The molecule has 0 bridgehead atoms. The summed E-state index contributed by atoms with van der Waals surface area (Å²) in [6, 6.07) is 5.59. The summed E-state index contributed by atoms with van der Waals surface area (Å²) in [7, 11) is -0.236. The molecule has 0 N–H and O–H groups in total. The van der Waals surface area contributed by atoms with Crippen molar-refractivity contribution in [2.24, 2.45) is 0 Å². The minimum atomic E-state index is -3.38. The van der Waals surface area contributed by atoms with Gasteiger partial charge in [0, 0.05) is 13.7 Å². The maximum Gasteiger partial charge on any atom is 0.237 e. The molecule has 6 heteroatoms. The van der Waals surface area contributed by atoms with Gasteiger partial charge in [0.25, 0.3) is 0 Å². The number of ether oxygens (including phenoxy) is 2. The molecule has 1 aliphatic rings. The van der Waals surface area contributed by atoms with E-state index < -0.39 is 10.0 Å². The summed E-state index contributed by atoms with van der Waals surface area (Å²) in [6.07, 6.45) is 2.39. The monoisotopic (exact) mass is 313 g/mol. The van der Waals surface area contributed by atoms with Crippen LogP contribution in [0.1, 0.15) is 25.3 Å². The van der Waals surface area contributed by atoms with Crippen molar-refractivity contribution in [2.45, 2.75) is 32.3 Å². The van der Waals surface area contributed by atoms with E-state index in [1.54, 1.807) is 14.0 Å². The maximum absolute atomic E-state index is 12.6. The second-order valence-electron chi connectivity index (χ2n) is 5.35. The van der Waals surface area contributed by atoms with Crippen LogP contribution < -0.4 is 9.04 Å². The van der Waals surface area contributed by atoms with Crippen LogP contribution in [0.15, 0.2) is 18.2 Å². The molecule has 1 heterocycles. The van der Waals surface area contributed by atoms with Crippen LogP contribution in [0.2, 0.25) is 0 Å². The Morgan fingerprint density at radius 3 is 2.71 bits per heavy atom. The standard InChI is InChI=1S/C15H23NO4S/c1-12(19-2)11-21(17,18)16-9-5-4-6-13-10-14(20-3)7-8-15(13)16/h7-8,10,12H,4-6,9,11H2,1-3H3. The van der Waals surface area contributed by atoms with E-state index in [0.29, 0.717) is 6.54 Å². The Morgan fingerprint density at radius 2 is 2.05 bits per heavy atom. The van der Waals surface area contributed by atoms with Crippen LogP contribution >= 0.6 is 0 Å². The van der Waals surface area contributed by atoms with Crippen molar-refractivity contribution < 1.29 is 17.9 Å². The molecule has 1 atom stereocenters. The number of hydrogen-bond donors (Lipinski definition) is 0. The fourth-order valence-corrected chi connectivity index (χ4v) is 4.36. The Kier molecular flexibility index (Phi) is 5.11. The summed E-state index contributed by atoms with van der Waals surface area (Å²) in [4.78, 5) is 0. The van der Waals surface area contributed by atoms with Gasteiger partial charge in [-0.1, -0.05) is 0 Å². The number of methoxy groups -OCH3 is 2. The molecule has 0 amide bonds. The normalized spacial score (nSPS) is 17.0. The van der Waals surface area contributed by atoms with E-state index in [2.05, 4.69) is 0 Å². The molecular weight excluding hydrogens is 290 g/mol. The molecule has 1 unspecified atom stereocenters. The summed E-state index contributed by atoms with van der Waals surface area (Å²) in [5, 5.41) is 0. The molecular formula is C15H23NO4S. The molecule has 2 rings (SSSR count). The number of aryl methyl sites for hydroxylation is 1. The predicted molar refractivity (Wildman–Crippen MR) is 83.5 cm³/mol. The summed E-state index contributed by atoms with van der Waals surface area (Å²) in [5.41, 5.74) is 1.80. The lowest BCUT2D eigenvalue weighted by atomic mass is 10.1. The largest absolute Gasteiger partial charge is 0.497 e. The molecule has 1 aromatic rings. The van der Waals surface area contributed by atoms with Crippen molar-refractivity contribution in [1.29, 1.82) is 0 Å². The maximum atomic E-state index is 12.6. The van der Waals surface area contributed by atoms with Crippen molar-refractivity contribution in [3.63, 3.8) is 0 Å². The summed E-state index contributed by atoms with van der Waals surface area (Å²) in [6.45, 7) is 2.29. The van der Waals surface area contributed by atoms with Gasteiger partial charge in [0.2, 0.25) is 10.0 Å². The zero-order chi connectivity index (χ0) is 15.5. The first-order chi connectivity index (χ1) is 9.97. The fourth-order valence-electron chi connectivity index (χ4n) is 2.57. The average molecular weight is 313 g/mol. The summed E-state index contributed by atoms with van der Waals surface area (Å²) < 4.78 is 37.2. The third kappa shape index (κ3) is 3.68. The Hall–Kier alpha value is -1.27. The van der Waals surface area contributed by atoms with Gasteiger partial charge in [-0.25, -0.2) is 8.42 Å². The first-order valence-corrected chi connectivity index (χ1v) is 8.79. The zero-order valence-corrected chi connectivity index (χ0v) is 13.6. The van der Waals surface area contributed by atoms with Crippen LogP contribution in [-0.2, 0) is 21.2 Å². The van der Waals surface area contributed by atoms with Gasteiger partial charge >= 0.3 is 0 Å². The third-order valence-electron chi connectivity index (χ3n) is 3.80. The smallest absolute Gasteiger partial charge is 0.237 e. The lowest BCUT2D eigenvalue weighted by molar-refractivity contribution is 0.136. The summed E-state index contributed by atoms with van der Waals surface area (Å²) >= 11 is 0. The first-order valence-electron chi connectivity index (χ1n) is 7.18. The van der Waals surface area contributed by atoms with Gasteiger partial charge in [0.15, 0.2) is 0 Å². The third-order valence-corrected chi connectivity index (χ3v) is 5.74. The molecule has 0 fully saturated rings. The highest BCUT2D eigenvalue weighted by molar-refractivity contribution is 7.92. The van der Waals surface area contributed by atoms with E-state index in [1.807, 2.05) is 18.2 Å². The van der Waals surface area contributed by atoms with E-state index in [1.165, 1.54) is 11.4 Å². The Bertz CT molecular complexity index is 585. The molecule has 118 valence electrons. The second-order valence-corrected chi connectivity index (χ2v) is 7.29.